The Morgan fingerprint density at radius 2 is 2.29 bits per heavy atom. The Kier molecular flexibility index (Phi) is 4.39. The minimum atomic E-state index is -1.15. The number of aliphatic hydroxyl groups excluding tert-OH is 1. The van der Waals surface area contributed by atoms with Crippen LogP contribution in [-0.2, 0) is 14.3 Å². The first-order valence-corrected chi connectivity index (χ1v) is 6.11. The Morgan fingerprint density at radius 3 is 2.95 bits per heavy atom. The molecule has 0 saturated heterocycles. The van der Waals surface area contributed by atoms with E-state index in [9.17, 15) is 14.4 Å². The molecule has 1 aliphatic rings. The molecule has 112 valence electrons. The fourth-order valence-electron chi connectivity index (χ4n) is 1.79. The molecule has 8 heteroatoms. The molecule has 0 spiro atoms. The van der Waals surface area contributed by atoms with Crippen molar-refractivity contribution in [2.45, 2.75) is 6.04 Å². The van der Waals surface area contributed by atoms with E-state index in [1.54, 1.807) is 0 Å². The summed E-state index contributed by atoms with van der Waals surface area (Å²) in [6.45, 7) is -0.656. The van der Waals surface area contributed by atoms with Crippen molar-refractivity contribution in [2.75, 3.05) is 25.6 Å². The number of anilines is 1. The summed E-state index contributed by atoms with van der Waals surface area (Å²) in [6, 6.07) is 3.30. The number of nitrogens with one attached hydrogen (secondary N) is 2. The molecule has 2 rings (SSSR count). The Balaban J connectivity index is 2.14. The number of ether oxygens (including phenoxy) is 2. The smallest absolute Gasteiger partial charge is 0.330 e. The van der Waals surface area contributed by atoms with Gasteiger partial charge in [-0.1, -0.05) is 0 Å². The number of hydrogen-bond donors (Lipinski definition) is 3. The number of aliphatic hydroxyl groups is 1. The number of esters is 1. The van der Waals surface area contributed by atoms with Crippen LogP contribution >= 0.6 is 0 Å². The monoisotopic (exact) mass is 294 g/mol. The molecule has 0 fully saturated rings. The van der Waals surface area contributed by atoms with Crippen LogP contribution in [0.25, 0.3) is 0 Å². The van der Waals surface area contributed by atoms with E-state index in [0.717, 1.165) is 7.11 Å². The van der Waals surface area contributed by atoms with Crippen molar-refractivity contribution in [2.24, 2.45) is 0 Å². The highest BCUT2D eigenvalue weighted by atomic mass is 16.5. The van der Waals surface area contributed by atoms with Crippen LogP contribution in [0.5, 0.6) is 5.75 Å². The third-order valence-corrected chi connectivity index (χ3v) is 2.85. The fraction of sp³-hybridized carbons (Fsp3) is 0.308. The highest BCUT2D eigenvalue weighted by Gasteiger charge is 2.23. The van der Waals surface area contributed by atoms with Gasteiger partial charge in [-0.25, -0.2) is 4.79 Å². The second-order valence-corrected chi connectivity index (χ2v) is 4.28. The maximum atomic E-state index is 12.0. The van der Waals surface area contributed by atoms with Gasteiger partial charge < -0.3 is 25.2 Å². The van der Waals surface area contributed by atoms with E-state index in [2.05, 4.69) is 15.4 Å². The van der Waals surface area contributed by atoms with Crippen molar-refractivity contribution >= 4 is 23.5 Å². The van der Waals surface area contributed by atoms with Gasteiger partial charge in [-0.15, -0.1) is 0 Å². The number of benzene rings is 1. The van der Waals surface area contributed by atoms with Gasteiger partial charge in [0.1, 0.15) is 5.75 Å². The highest BCUT2D eigenvalue weighted by Crippen LogP contribution is 2.28. The van der Waals surface area contributed by atoms with Crippen LogP contribution in [0.1, 0.15) is 10.4 Å². The van der Waals surface area contributed by atoms with Crippen molar-refractivity contribution in [3.05, 3.63) is 23.8 Å². The molecular weight excluding hydrogens is 280 g/mol. The quantitative estimate of drug-likeness (QED) is 0.632. The summed E-state index contributed by atoms with van der Waals surface area (Å²) in [5.41, 5.74) is 0.583. The van der Waals surface area contributed by atoms with Gasteiger partial charge in [0.15, 0.2) is 12.6 Å². The molecule has 0 aliphatic carbocycles. The molecule has 8 nitrogen and oxygen atoms in total. The number of carbonyl (C=O) groups excluding carboxylic acids is 3. The summed E-state index contributed by atoms with van der Waals surface area (Å²) >= 11 is 0. The molecule has 1 aromatic rings. The van der Waals surface area contributed by atoms with E-state index in [4.69, 9.17) is 9.84 Å². The molecule has 3 N–H and O–H groups in total. The number of amides is 2. The standard InChI is InChI=1S/C13H14N2O6/c1-20-13(19)9(5-16)15-12(18)7-2-3-10-8(4-7)14-11(17)6-21-10/h2-4,9,16H,5-6H2,1H3,(H,14,17)(H,15,18). The van der Waals surface area contributed by atoms with E-state index in [1.807, 2.05) is 0 Å². The van der Waals surface area contributed by atoms with Crippen molar-refractivity contribution in [3.63, 3.8) is 0 Å². The van der Waals surface area contributed by atoms with Gasteiger partial charge in [-0.2, -0.15) is 0 Å². The Labute approximate surface area is 120 Å². The molecule has 1 aliphatic heterocycles. The van der Waals surface area contributed by atoms with Crippen molar-refractivity contribution in [1.82, 2.24) is 5.32 Å². The second kappa shape index (κ2) is 6.23. The average Bonchev–Trinajstić information content (AvgIpc) is 2.50. The van der Waals surface area contributed by atoms with Crippen LogP contribution < -0.4 is 15.4 Å². The number of rotatable bonds is 4. The first-order chi connectivity index (χ1) is 10.0. The van der Waals surface area contributed by atoms with Crippen molar-refractivity contribution in [3.8, 4) is 5.75 Å². The van der Waals surface area contributed by atoms with E-state index in [-0.39, 0.29) is 18.1 Å². The minimum Gasteiger partial charge on any atom is -0.482 e. The molecular formula is C13H14N2O6. The van der Waals surface area contributed by atoms with Gasteiger partial charge in [-0.3, -0.25) is 9.59 Å². The lowest BCUT2D eigenvalue weighted by Crippen LogP contribution is -2.44. The summed E-state index contributed by atoms with van der Waals surface area (Å²) in [6.07, 6.45) is 0. The van der Waals surface area contributed by atoms with Crippen LogP contribution in [0.2, 0.25) is 0 Å². The first kappa shape index (κ1) is 14.8. The zero-order valence-electron chi connectivity index (χ0n) is 11.2. The van der Waals surface area contributed by atoms with E-state index in [0.29, 0.717) is 11.4 Å². The lowest BCUT2D eigenvalue weighted by atomic mass is 10.1. The Hall–Kier alpha value is -2.61. The summed E-state index contributed by atoms with van der Waals surface area (Å²) in [4.78, 5) is 34.6. The number of fused-ring (bicyclic) bond motifs is 1. The largest absolute Gasteiger partial charge is 0.482 e. The molecule has 0 aromatic heterocycles. The predicted molar refractivity (Wildman–Crippen MR) is 70.9 cm³/mol. The fourth-order valence-corrected chi connectivity index (χ4v) is 1.79. The number of carbonyl (C=O) groups is 3. The minimum absolute atomic E-state index is 0.0759. The maximum absolute atomic E-state index is 12.0. The van der Waals surface area contributed by atoms with Crippen molar-refractivity contribution in [1.29, 1.82) is 0 Å². The predicted octanol–water partition coefficient (Wildman–Crippen LogP) is -0.719. The van der Waals surface area contributed by atoms with Gasteiger partial charge >= 0.3 is 5.97 Å². The zero-order chi connectivity index (χ0) is 15.4. The third kappa shape index (κ3) is 3.29. The van der Waals surface area contributed by atoms with Crippen LogP contribution in [0.3, 0.4) is 0 Å². The SMILES string of the molecule is COC(=O)C(CO)NC(=O)c1ccc2c(c1)NC(=O)CO2. The van der Waals surface area contributed by atoms with Gasteiger partial charge in [0, 0.05) is 5.56 Å². The molecule has 1 atom stereocenters. The molecule has 21 heavy (non-hydrogen) atoms. The maximum Gasteiger partial charge on any atom is 0.330 e. The molecule has 2 amide bonds. The summed E-state index contributed by atoms with van der Waals surface area (Å²) < 4.78 is 9.62. The molecule has 1 heterocycles. The topological polar surface area (TPSA) is 114 Å². The third-order valence-electron chi connectivity index (χ3n) is 2.85. The number of methoxy groups -OCH3 is 1. The zero-order valence-corrected chi connectivity index (χ0v) is 11.2. The van der Waals surface area contributed by atoms with Gasteiger partial charge in [0.05, 0.1) is 19.4 Å². The van der Waals surface area contributed by atoms with Gasteiger partial charge in [-0.05, 0) is 18.2 Å². The lowest BCUT2D eigenvalue weighted by Gasteiger charge is -2.19. The van der Waals surface area contributed by atoms with Crippen LogP contribution in [0, 0.1) is 0 Å². The van der Waals surface area contributed by atoms with Crippen LogP contribution in [-0.4, -0.2) is 49.3 Å². The summed E-state index contributed by atoms with van der Waals surface area (Å²) in [5.74, 6) is -1.19. The van der Waals surface area contributed by atoms with E-state index >= 15 is 0 Å². The summed E-state index contributed by atoms with van der Waals surface area (Å²) in [7, 11) is 1.16. The number of hydrogen-bond acceptors (Lipinski definition) is 6. The van der Waals surface area contributed by atoms with Gasteiger partial charge in [0.25, 0.3) is 11.8 Å². The Morgan fingerprint density at radius 1 is 1.52 bits per heavy atom. The molecule has 1 aromatic carbocycles. The van der Waals surface area contributed by atoms with Crippen LogP contribution in [0.15, 0.2) is 18.2 Å². The normalized spacial score (nSPS) is 14.3. The van der Waals surface area contributed by atoms with E-state index < -0.39 is 24.5 Å². The van der Waals surface area contributed by atoms with Crippen LogP contribution in [0.4, 0.5) is 5.69 Å². The molecule has 0 radical (unpaired) electrons. The first-order valence-electron chi connectivity index (χ1n) is 6.11. The molecule has 0 bridgehead atoms. The van der Waals surface area contributed by atoms with E-state index in [1.165, 1.54) is 18.2 Å². The lowest BCUT2D eigenvalue weighted by molar-refractivity contribution is -0.143. The van der Waals surface area contributed by atoms with Gasteiger partial charge in [0.2, 0.25) is 0 Å². The Bertz CT molecular complexity index is 586. The molecule has 0 saturated carbocycles. The highest BCUT2D eigenvalue weighted by molar-refractivity contribution is 6.00. The molecule has 1 unspecified atom stereocenters. The second-order valence-electron chi connectivity index (χ2n) is 4.28. The summed E-state index contributed by atoms with van der Waals surface area (Å²) in [5, 5.41) is 14.0. The average molecular weight is 294 g/mol. The van der Waals surface area contributed by atoms with Crippen molar-refractivity contribution < 1.29 is 29.0 Å².